The lowest BCUT2D eigenvalue weighted by atomic mass is 10.0. The molecule has 0 aromatic heterocycles. The second-order valence-corrected chi connectivity index (χ2v) is 6.30. The van der Waals surface area contributed by atoms with Crippen molar-refractivity contribution in [3.05, 3.63) is 11.8 Å². The summed E-state index contributed by atoms with van der Waals surface area (Å²) in [5.74, 6) is 0.175. The van der Waals surface area contributed by atoms with E-state index in [1.807, 2.05) is 4.90 Å². The van der Waals surface area contributed by atoms with Crippen molar-refractivity contribution < 1.29 is 14.3 Å². The van der Waals surface area contributed by atoms with Crippen LogP contribution in [0, 0.1) is 0 Å². The molecule has 21 heavy (non-hydrogen) atoms. The number of amides is 1. The molecule has 0 N–H and O–H groups in total. The van der Waals surface area contributed by atoms with E-state index in [1.165, 1.54) is 0 Å². The molecule has 0 bridgehead atoms. The minimum atomic E-state index is 0.175. The van der Waals surface area contributed by atoms with Crippen LogP contribution in [-0.4, -0.2) is 67.2 Å². The number of carbonyl (C=O) groups excluding carboxylic acids is 1. The van der Waals surface area contributed by atoms with E-state index in [1.54, 1.807) is 6.26 Å². The summed E-state index contributed by atoms with van der Waals surface area (Å²) in [7, 11) is 0. The highest BCUT2D eigenvalue weighted by molar-refractivity contribution is 5.93. The van der Waals surface area contributed by atoms with Crippen LogP contribution in [0.5, 0.6) is 0 Å². The Kier molecular flexibility index (Phi) is 4.80. The Morgan fingerprint density at radius 3 is 2.71 bits per heavy atom. The lowest BCUT2D eigenvalue weighted by molar-refractivity contribution is -0.133. The van der Waals surface area contributed by atoms with Gasteiger partial charge in [-0.05, 0) is 32.6 Å². The van der Waals surface area contributed by atoms with E-state index >= 15 is 0 Å². The Morgan fingerprint density at radius 1 is 1.24 bits per heavy atom. The molecule has 3 heterocycles. The highest BCUT2D eigenvalue weighted by atomic mass is 16.5. The fourth-order valence-electron chi connectivity index (χ4n) is 3.58. The van der Waals surface area contributed by atoms with Crippen molar-refractivity contribution >= 4 is 5.91 Å². The van der Waals surface area contributed by atoms with E-state index in [9.17, 15) is 4.79 Å². The van der Waals surface area contributed by atoms with Crippen LogP contribution in [0.2, 0.25) is 0 Å². The fourth-order valence-corrected chi connectivity index (χ4v) is 3.58. The molecule has 0 spiro atoms. The largest absolute Gasteiger partial charge is 0.501 e. The topological polar surface area (TPSA) is 42.0 Å². The van der Waals surface area contributed by atoms with E-state index < -0.39 is 0 Å². The summed E-state index contributed by atoms with van der Waals surface area (Å²) in [4.78, 5) is 17.2. The highest BCUT2D eigenvalue weighted by Gasteiger charge is 2.32. The second-order valence-electron chi connectivity index (χ2n) is 6.30. The Hall–Kier alpha value is -1.07. The summed E-state index contributed by atoms with van der Waals surface area (Å²) >= 11 is 0. The Labute approximate surface area is 126 Å². The number of carbonyl (C=O) groups is 1. The molecule has 5 nitrogen and oxygen atoms in total. The maximum absolute atomic E-state index is 12.6. The van der Waals surface area contributed by atoms with Gasteiger partial charge in [0.2, 0.25) is 0 Å². The molecule has 1 amide bonds. The molecule has 2 fully saturated rings. The molecule has 0 radical (unpaired) electrons. The van der Waals surface area contributed by atoms with Gasteiger partial charge < -0.3 is 14.4 Å². The van der Waals surface area contributed by atoms with Gasteiger partial charge in [0.15, 0.2) is 0 Å². The van der Waals surface area contributed by atoms with Crippen molar-refractivity contribution in [1.82, 2.24) is 9.80 Å². The van der Waals surface area contributed by atoms with E-state index in [2.05, 4.69) is 11.8 Å². The van der Waals surface area contributed by atoms with Gasteiger partial charge in [0.05, 0.1) is 18.4 Å². The molecule has 0 unspecified atom stereocenters. The Bertz CT molecular complexity index is 404. The molecular weight excluding hydrogens is 268 g/mol. The SMILES string of the molecule is C[C@H]1CN(C2CCOCC2)CCN1C(=O)C1=COCCC1. The van der Waals surface area contributed by atoms with E-state index in [4.69, 9.17) is 9.47 Å². The number of nitrogens with zero attached hydrogens (tertiary/aromatic N) is 2. The van der Waals surface area contributed by atoms with Crippen molar-refractivity contribution in [2.24, 2.45) is 0 Å². The van der Waals surface area contributed by atoms with E-state index in [0.29, 0.717) is 6.04 Å². The number of rotatable bonds is 2. The first-order chi connectivity index (χ1) is 10.3. The predicted octanol–water partition coefficient (Wildman–Crippen LogP) is 1.39. The Balaban J connectivity index is 1.57. The molecule has 0 aromatic rings. The Morgan fingerprint density at radius 2 is 2.05 bits per heavy atom. The number of ether oxygens (including phenoxy) is 2. The molecule has 3 rings (SSSR count). The van der Waals surface area contributed by atoms with Crippen molar-refractivity contribution in [3.63, 3.8) is 0 Å². The van der Waals surface area contributed by atoms with Gasteiger partial charge in [-0.3, -0.25) is 9.69 Å². The van der Waals surface area contributed by atoms with Crippen LogP contribution in [0.3, 0.4) is 0 Å². The average Bonchev–Trinajstić information content (AvgIpc) is 2.56. The quantitative estimate of drug-likeness (QED) is 0.772. The van der Waals surface area contributed by atoms with Crippen LogP contribution < -0.4 is 0 Å². The van der Waals surface area contributed by atoms with Gasteiger partial charge >= 0.3 is 0 Å². The smallest absolute Gasteiger partial charge is 0.253 e. The lowest BCUT2D eigenvalue weighted by Gasteiger charge is -2.44. The maximum Gasteiger partial charge on any atom is 0.253 e. The molecule has 1 atom stereocenters. The van der Waals surface area contributed by atoms with Crippen molar-refractivity contribution in [1.29, 1.82) is 0 Å². The van der Waals surface area contributed by atoms with Gasteiger partial charge in [-0.1, -0.05) is 0 Å². The second kappa shape index (κ2) is 6.79. The molecular formula is C16H26N2O3. The summed E-state index contributed by atoms with van der Waals surface area (Å²) < 4.78 is 10.8. The first-order valence-electron chi connectivity index (χ1n) is 8.19. The third-order valence-electron chi connectivity index (χ3n) is 4.84. The van der Waals surface area contributed by atoms with Gasteiger partial charge in [-0.25, -0.2) is 0 Å². The molecule has 118 valence electrons. The third kappa shape index (κ3) is 3.40. The van der Waals surface area contributed by atoms with Crippen LogP contribution in [0.1, 0.15) is 32.6 Å². The van der Waals surface area contributed by atoms with Gasteiger partial charge in [0, 0.05) is 44.9 Å². The van der Waals surface area contributed by atoms with Crippen molar-refractivity contribution in [3.8, 4) is 0 Å². The molecule has 0 saturated carbocycles. The molecule has 3 aliphatic rings. The highest BCUT2D eigenvalue weighted by Crippen LogP contribution is 2.22. The summed E-state index contributed by atoms with van der Waals surface area (Å²) in [5, 5.41) is 0. The van der Waals surface area contributed by atoms with Crippen LogP contribution >= 0.6 is 0 Å². The minimum Gasteiger partial charge on any atom is -0.501 e. The average molecular weight is 294 g/mol. The van der Waals surface area contributed by atoms with Crippen LogP contribution in [0.4, 0.5) is 0 Å². The molecule has 0 aliphatic carbocycles. The fraction of sp³-hybridized carbons (Fsp3) is 0.812. The molecule has 2 saturated heterocycles. The first kappa shape index (κ1) is 14.9. The monoisotopic (exact) mass is 294 g/mol. The van der Waals surface area contributed by atoms with Gasteiger partial charge in [-0.2, -0.15) is 0 Å². The zero-order chi connectivity index (χ0) is 14.7. The lowest BCUT2D eigenvalue weighted by Crippen LogP contribution is -2.57. The van der Waals surface area contributed by atoms with Gasteiger partial charge in [0.25, 0.3) is 5.91 Å². The number of hydrogen-bond donors (Lipinski definition) is 0. The zero-order valence-corrected chi connectivity index (χ0v) is 12.9. The summed E-state index contributed by atoms with van der Waals surface area (Å²) in [6, 6.07) is 0.910. The van der Waals surface area contributed by atoms with Gasteiger partial charge in [-0.15, -0.1) is 0 Å². The van der Waals surface area contributed by atoms with Crippen LogP contribution in [0.15, 0.2) is 11.8 Å². The maximum atomic E-state index is 12.6. The predicted molar refractivity (Wildman–Crippen MR) is 79.9 cm³/mol. The molecule has 3 aliphatic heterocycles. The summed E-state index contributed by atoms with van der Waals surface area (Å²) in [6.45, 7) is 7.44. The first-order valence-corrected chi connectivity index (χ1v) is 8.19. The van der Waals surface area contributed by atoms with Crippen LogP contribution in [-0.2, 0) is 14.3 Å². The minimum absolute atomic E-state index is 0.175. The summed E-state index contributed by atoms with van der Waals surface area (Å²) in [5.41, 5.74) is 0.840. The molecule has 5 heteroatoms. The standard InChI is InChI=1S/C16H26N2O3/c1-13-11-17(15-4-9-20-10-5-15)6-7-18(13)16(19)14-3-2-8-21-12-14/h12-13,15H,2-11H2,1H3/t13-/m0/s1. The van der Waals surface area contributed by atoms with Crippen LogP contribution in [0.25, 0.3) is 0 Å². The zero-order valence-electron chi connectivity index (χ0n) is 12.9. The van der Waals surface area contributed by atoms with Crippen molar-refractivity contribution in [2.45, 2.75) is 44.7 Å². The van der Waals surface area contributed by atoms with Gasteiger partial charge in [0.1, 0.15) is 0 Å². The van der Waals surface area contributed by atoms with Crippen molar-refractivity contribution in [2.75, 3.05) is 39.5 Å². The normalized spacial score (nSPS) is 28.9. The van der Waals surface area contributed by atoms with E-state index in [-0.39, 0.29) is 11.9 Å². The summed E-state index contributed by atoms with van der Waals surface area (Å²) in [6.07, 6.45) is 5.72. The number of hydrogen-bond acceptors (Lipinski definition) is 4. The third-order valence-corrected chi connectivity index (χ3v) is 4.84. The number of piperazine rings is 1. The van der Waals surface area contributed by atoms with E-state index in [0.717, 1.165) is 70.7 Å². The molecule has 0 aromatic carbocycles.